The van der Waals surface area contributed by atoms with E-state index in [2.05, 4.69) is 63.4 Å². The maximum atomic E-state index is 6.48. The van der Waals surface area contributed by atoms with Crippen molar-refractivity contribution in [2.75, 3.05) is 6.61 Å². The fraction of sp³-hybridized carbons (Fsp3) is 1.00. The molecule has 0 aromatic rings. The van der Waals surface area contributed by atoms with Crippen LogP contribution in [0.3, 0.4) is 0 Å². The Bertz CT molecular complexity index is 394. The summed E-state index contributed by atoms with van der Waals surface area (Å²) in [5.74, 6) is 0.628. The van der Waals surface area contributed by atoms with Gasteiger partial charge in [-0.05, 0) is 43.3 Å². The van der Waals surface area contributed by atoms with Crippen molar-refractivity contribution in [2.45, 2.75) is 107 Å². The molecule has 0 radical (unpaired) electrons. The summed E-state index contributed by atoms with van der Waals surface area (Å²) in [6.07, 6.45) is 7.98. The second-order valence-electron chi connectivity index (χ2n) is 8.97. The molecule has 5 heteroatoms. The van der Waals surface area contributed by atoms with Gasteiger partial charge in [-0.3, -0.25) is 0 Å². The summed E-state index contributed by atoms with van der Waals surface area (Å²) >= 11 is 2.50. The van der Waals surface area contributed by atoms with Crippen LogP contribution in [0.25, 0.3) is 0 Å². The number of hydrogen-bond acceptors (Lipinski definition) is 3. The van der Waals surface area contributed by atoms with Gasteiger partial charge >= 0.3 is 0 Å². The first-order chi connectivity index (χ1) is 11.1. The van der Waals surface area contributed by atoms with E-state index in [0.29, 0.717) is 15.9 Å². The van der Waals surface area contributed by atoms with Crippen molar-refractivity contribution in [3.8, 4) is 0 Å². The normalized spacial score (nSPS) is 30.2. The molecule has 2 aliphatic rings. The number of halogens is 1. The highest BCUT2D eigenvalue weighted by molar-refractivity contribution is 14.1. The SMILES string of the molecule is CC(C)C(C)(C)[Si](C)(C)OC[C@@H]1C[C@H](I)[C@H](OC2CCCCC2)O1. The minimum absolute atomic E-state index is 0.0369. The lowest BCUT2D eigenvalue weighted by atomic mass is 9.98. The van der Waals surface area contributed by atoms with E-state index in [1.165, 1.54) is 32.1 Å². The van der Waals surface area contributed by atoms with E-state index < -0.39 is 8.32 Å². The second-order valence-corrected chi connectivity index (χ2v) is 15.2. The molecule has 1 aliphatic heterocycles. The van der Waals surface area contributed by atoms with E-state index in [1.807, 2.05) is 0 Å². The predicted molar refractivity (Wildman–Crippen MR) is 111 cm³/mol. The monoisotopic (exact) mass is 468 g/mol. The molecular formula is C19H37IO3Si. The van der Waals surface area contributed by atoms with Crippen molar-refractivity contribution in [1.29, 1.82) is 0 Å². The molecule has 2 rings (SSSR count). The van der Waals surface area contributed by atoms with Crippen LogP contribution in [-0.4, -0.2) is 37.3 Å². The van der Waals surface area contributed by atoms with Crippen LogP contribution >= 0.6 is 22.6 Å². The first-order valence-electron chi connectivity index (χ1n) is 9.72. The Morgan fingerprint density at radius 1 is 1.17 bits per heavy atom. The largest absolute Gasteiger partial charge is 0.414 e. The molecule has 3 nitrogen and oxygen atoms in total. The average molecular weight is 468 g/mol. The molecule has 1 saturated carbocycles. The maximum Gasteiger partial charge on any atom is 0.192 e. The fourth-order valence-corrected chi connectivity index (χ4v) is 6.76. The van der Waals surface area contributed by atoms with Crippen molar-refractivity contribution in [3.05, 3.63) is 0 Å². The van der Waals surface area contributed by atoms with E-state index >= 15 is 0 Å². The lowest BCUT2D eigenvalue weighted by Crippen LogP contribution is -2.46. The summed E-state index contributed by atoms with van der Waals surface area (Å²) in [6, 6.07) is 0. The van der Waals surface area contributed by atoms with E-state index in [4.69, 9.17) is 13.9 Å². The molecule has 1 heterocycles. The van der Waals surface area contributed by atoms with Crippen LogP contribution < -0.4 is 0 Å². The number of ether oxygens (including phenoxy) is 2. The highest BCUT2D eigenvalue weighted by Crippen LogP contribution is 2.45. The van der Waals surface area contributed by atoms with Gasteiger partial charge in [-0.25, -0.2) is 0 Å². The average Bonchev–Trinajstić information content (AvgIpc) is 2.86. The number of rotatable bonds is 7. The van der Waals surface area contributed by atoms with E-state index in [0.717, 1.165) is 13.0 Å². The molecule has 3 atom stereocenters. The minimum Gasteiger partial charge on any atom is -0.414 e. The first kappa shape index (κ1) is 21.1. The van der Waals surface area contributed by atoms with Gasteiger partial charge in [0.05, 0.1) is 22.7 Å². The lowest BCUT2D eigenvalue weighted by Gasteiger charge is -2.42. The van der Waals surface area contributed by atoms with E-state index in [9.17, 15) is 0 Å². The van der Waals surface area contributed by atoms with Crippen molar-refractivity contribution in [2.24, 2.45) is 5.92 Å². The first-order valence-corrected chi connectivity index (χ1v) is 13.9. The number of hydrogen-bond donors (Lipinski definition) is 0. The summed E-state index contributed by atoms with van der Waals surface area (Å²) in [7, 11) is -1.77. The lowest BCUT2D eigenvalue weighted by molar-refractivity contribution is -0.168. The Morgan fingerprint density at radius 3 is 2.38 bits per heavy atom. The van der Waals surface area contributed by atoms with Gasteiger partial charge in [0.15, 0.2) is 14.6 Å². The number of alkyl halides is 1. The van der Waals surface area contributed by atoms with Gasteiger partial charge in [-0.15, -0.1) is 0 Å². The smallest absolute Gasteiger partial charge is 0.192 e. The summed E-state index contributed by atoms with van der Waals surface area (Å²) in [5, 5.41) is 0.257. The molecule has 142 valence electrons. The molecule has 0 unspecified atom stereocenters. The third-order valence-corrected chi connectivity index (χ3v) is 12.3. The topological polar surface area (TPSA) is 27.7 Å². The Morgan fingerprint density at radius 2 is 1.79 bits per heavy atom. The van der Waals surface area contributed by atoms with Crippen molar-refractivity contribution < 1.29 is 13.9 Å². The Kier molecular flexibility index (Phi) is 7.64. The molecule has 0 aromatic heterocycles. The third kappa shape index (κ3) is 5.18. The summed E-state index contributed by atoms with van der Waals surface area (Å²) in [6.45, 7) is 14.7. The van der Waals surface area contributed by atoms with Crippen LogP contribution in [0.5, 0.6) is 0 Å². The summed E-state index contributed by atoms with van der Waals surface area (Å²) < 4.78 is 19.4. The van der Waals surface area contributed by atoms with Crippen molar-refractivity contribution in [3.63, 3.8) is 0 Å². The minimum atomic E-state index is -1.77. The Balaban J connectivity index is 1.82. The van der Waals surface area contributed by atoms with Gasteiger partial charge in [0.25, 0.3) is 0 Å². The predicted octanol–water partition coefficient (Wildman–Crippen LogP) is 5.91. The second kappa shape index (κ2) is 8.68. The molecular weight excluding hydrogens is 431 g/mol. The fourth-order valence-electron chi connectivity index (χ4n) is 3.49. The molecule has 2 fully saturated rings. The molecule has 0 N–H and O–H groups in total. The zero-order valence-corrected chi connectivity index (χ0v) is 19.6. The third-order valence-electron chi connectivity index (χ3n) is 6.61. The maximum absolute atomic E-state index is 6.48. The van der Waals surface area contributed by atoms with Gasteiger partial charge in [-0.1, -0.05) is 69.5 Å². The zero-order chi connectivity index (χ0) is 18.0. The van der Waals surface area contributed by atoms with Gasteiger partial charge < -0.3 is 13.9 Å². The van der Waals surface area contributed by atoms with Gasteiger partial charge in [-0.2, -0.15) is 0 Å². The van der Waals surface area contributed by atoms with E-state index in [1.54, 1.807) is 0 Å². The standard InChI is InChI=1S/C19H37IO3Si/c1-14(2)19(3,4)24(5,6)21-13-16-12-17(20)18(23-16)22-15-10-8-7-9-11-15/h14-18H,7-13H2,1-6H3/t16-,17-,18+/m0/s1. The van der Waals surface area contributed by atoms with Crippen LogP contribution in [0.2, 0.25) is 18.1 Å². The van der Waals surface area contributed by atoms with Gasteiger partial charge in [0, 0.05) is 0 Å². The van der Waals surface area contributed by atoms with Crippen LogP contribution in [0, 0.1) is 5.92 Å². The molecule has 0 aromatic carbocycles. The highest BCUT2D eigenvalue weighted by Gasteiger charge is 2.44. The molecule has 1 saturated heterocycles. The van der Waals surface area contributed by atoms with E-state index in [-0.39, 0.29) is 17.4 Å². The molecule has 0 amide bonds. The highest BCUT2D eigenvalue weighted by atomic mass is 127. The van der Waals surface area contributed by atoms with Gasteiger partial charge in [0.2, 0.25) is 0 Å². The van der Waals surface area contributed by atoms with Crippen LogP contribution in [0.1, 0.15) is 66.2 Å². The summed E-state index contributed by atoms with van der Waals surface area (Å²) in [4.78, 5) is 0. The van der Waals surface area contributed by atoms with Gasteiger partial charge in [0.1, 0.15) is 0 Å². The molecule has 1 aliphatic carbocycles. The van der Waals surface area contributed by atoms with Crippen molar-refractivity contribution >= 4 is 30.9 Å². The molecule has 0 spiro atoms. The Hall–Kier alpha value is 0.827. The summed E-state index contributed by atoms with van der Waals surface area (Å²) in [5.41, 5.74) is 0. The molecule has 0 bridgehead atoms. The van der Waals surface area contributed by atoms with Crippen LogP contribution in [-0.2, 0) is 13.9 Å². The van der Waals surface area contributed by atoms with Crippen molar-refractivity contribution in [1.82, 2.24) is 0 Å². The molecule has 24 heavy (non-hydrogen) atoms. The quantitative estimate of drug-likeness (QED) is 0.264. The van der Waals surface area contributed by atoms with Crippen LogP contribution in [0.4, 0.5) is 0 Å². The van der Waals surface area contributed by atoms with Crippen LogP contribution in [0.15, 0.2) is 0 Å². The Labute approximate surface area is 163 Å². The zero-order valence-electron chi connectivity index (χ0n) is 16.4.